The van der Waals surface area contributed by atoms with Gasteiger partial charge in [0.2, 0.25) is 0 Å². The van der Waals surface area contributed by atoms with E-state index in [4.69, 9.17) is 16.7 Å². The SMILES string of the molecule is CC(C)[C@H](Nc1ncc(Br)cc1Cl)C(=O)O. The fourth-order valence-corrected chi connectivity index (χ4v) is 1.87. The van der Waals surface area contributed by atoms with E-state index in [1.54, 1.807) is 12.3 Å². The maximum Gasteiger partial charge on any atom is 0.326 e. The second-order valence-corrected chi connectivity index (χ2v) is 5.01. The highest BCUT2D eigenvalue weighted by Gasteiger charge is 2.22. The maximum atomic E-state index is 11.0. The molecule has 0 aliphatic rings. The van der Waals surface area contributed by atoms with Gasteiger partial charge in [-0.15, -0.1) is 0 Å². The third-order valence-electron chi connectivity index (χ3n) is 2.03. The quantitative estimate of drug-likeness (QED) is 0.897. The number of carboxylic acids is 1. The third kappa shape index (κ3) is 3.35. The number of carbonyl (C=O) groups is 1. The molecule has 0 aliphatic heterocycles. The summed E-state index contributed by atoms with van der Waals surface area (Å²) in [5, 5.41) is 12.2. The molecular weight excluding hydrogens is 295 g/mol. The Kier molecular flexibility index (Phi) is 4.56. The monoisotopic (exact) mass is 306 g/mol. The van der Waals surface area contributed by atoms with E-state index in [0.717, 1.165) is 4.47 Å². The number of hydrogen-bond donors (Lipinski definition) is 2. The zero-order valence-corrected chi connectivity index (χ0v) is 11.2. The van der Waals surface area contributed by atoms with Crippen LogP contribution in [0.5, 0.6) is 0 Å². The second-order valence-electron chi connectivity index (χ2n) is 3.69. The molecule has 1 aromatic rings. The minimum atomic E-state index is -0.921. The van der Waals surface area contributed by atoms with Crippen molar-refractivity contribution in [2.45, 2.75) is 19.9 Å². The van der Waals surface area contributed by atoms with Crippen molar-refractivity contribution in [1.82, 2.24) is 4.98 Å². The number of anilines is 1. The number of rotatable bonds is 4. The van der Waals surface area contributed by atoms with Crippen LogP contribution in [0.4, 0.5) is 5.82 Å². The topological polar surface area (TPSA) is 62.2 Å². The smallest absolute Gasteiger partial charge is 0.326 e. The number of pyridine rings is 1. The fourth-order valence-electron chi connectivity index (χ4n) is 1.18. The summed E-state index contributed by atoms with van der Waals surface area (Å²) < 4.78 is 0.750. The van der Waals surface area contributed by atoms with E-state index >= 15 is 0 Å². The summed E-state index contributed by atoms with van der Waals surface area (Å²) in [7, 11) is 0. The summed E-state index contributed by atoms with van der Waals surface area (Å²) in [6, 6.07) is 0.960. The zero-order valence-electron chi connectivity index (χ0n) is 8.87. The lowest BCUT2D eigenvalue weighted by molar-refractivity contribution is -0.138. The van der Waals surface area contributed by atoms with Crippen LogP contribution < -0.4 is 5.32 Å². The lowest BCUT2D eigenvalue weighted by atomic mass is 10.1. The van der Waals surface area contributed by atoms with Gasteiger partial charge in [-0.25, -0.2) is 9.78 Å². The lowest BCUT2D eigenvalue weighted by Gasteiger charge is -2.19. The molecular formula is C10H12BrClN2O2. The van der Waals surface area contributed by atoms with Crippen LogP contribution in [-0.4, -0.2) is 22.1 Å². The first-order chi connectivity index (χ1) is 7.41. The van der Waals surface area contributed by atoms with Crippen molar-refractivity contribution in [2.75, 3.05) is 5.32 Å². The average molecular weight is 308 g/mol. The first kappa shape index (κ1) is 13.3. The van der Waals surface area contributed by atoms with Crippen LogP contribution in [0.3, 0.4) is 0 Å². The summed E-state index contributed by atoms with van der Waals surface area (Å²) in [6.45, 7) is 3.64. The van der Waals surface area contributed by atoms with Gasteiger partial charge < -0.3 is 10.4 Å². The summed E-state index contributed by atoms with van der Waals surface area (Å²) in [5.74, 6) is -0.597. The molecule has 2 N–H and O–H groups in total. The van der Waals surface area contributed by atoms with Crippen LogP contribution in [0, 0.1) is 5.92 Å². The van der Waals surface area contributed by atoms with E-state index in [2.05, 4.69) is 26.2 Å². The van der Waals surface area contributed by atoms with Gasteiger partial charge in [-0.3, -0.25) is 0 Å². The van der Waals surface area contributed by atoms with Crippen molar-refractivity contribution in [3.05, 3.63) is 21.8 Å². The second kappa shape index (κ2) is 5.50. The van der Waals surface area contributed by atoms with Crippen molar-refractivity contribution in [3.63, 3.8) is 0 Å². The molecule has 0 fully saturated rings. The van der Waals surface area contributed by atoms with Gasteiger partial charge in [0.1, 0.15) is 11.9 Å². The van der Waals surface area contributed by atoms with Crippen molar-refractivity contribution in [1.29, 1.82) is 0 Å². The zero-order chi connectivity index (χ0) is 12.3. The highest BCUT2D eigenvalue weighted by molar-refractivity contribution is 9.10. The Balaban J connectivity index is 2.90. The van der Waals surface area contributed by atoms with Crippen LogP contribution in [0.25, 0.3) is 0 Å². The molecule has 16 heavy (non-hydrogen) atoms. The number of aliphatic carboxylic acids is 1. The van der Waals surface area contributed by atoms with Gasteiger partial charge in [-0.05, 0) is 27.9 Å². The summed E-state index contributed by atoms with van der Waals surface area (Å²) in [6.07, 6.45) is 1.56. The first-order valence-electron chi connectivity index (χ1n) is 4.72. The molecule has 1 heterocycles. The normalized spacial score (nSPS) is 12.6. The molecule has 1 aromatic heterocycles. The molecule has 4 nitrogen and oxygen atoms in total. The predicted molar refractivity (Wildman–Crippen MR) is 66.8 cm³/mol. The van der Waals surface area contributed by atoms with Crippen LogP contribution in [0.15, 0.2) is 16.7 Å². The van der Waals surface area contributed by atoms with E-state index in [1.165, 1.54) is 0 Å². The molecule has 0 radical (unpaired) electrons. The van der Waals surface area contributed by atoms with Crippen LogP contribution in [0.2, 0.25) is 5.02 Å². The van der Waals surface area contributed by atoms with Crippen LogP contribution in [-0.2, 0) is 4.79 Å². The Morgan fingerprint density at radius 3 is 2.69 bits per heavy atom. The number of nitrogens with zero attached hydrogens (tertiary/aromatic N) is 1. The van der Waals surface area contributed by atoms with Crippen molar-refractivity contribution in [3.8, 4) is 0 Å². The number of hydrogen-bond acceptors (Lipinski definition) is 3. The molecule has 0 bridgehead atoms. The molecule has 0 spiro atoms. The molecule has 0 amide bonds. The van der Waals surface area contributed by atoms with Crippen molar-refractivity contribution >= 4 is 39.3 Å². The minimum Gasteiger partial charge on any atom is -0.480 e. The Bertz CT molecular complexity index is 398. The van der Waals surface area contributed by atoms with Crippen LogP contribution >= 0.6 is 27.5 Å². The standard InChI is InChI=1S/C10H12BrClN2O2/c1-5(2)8(10(15)16)14-9-7(12)3-6(11)4-13-9/h3-5,8H,1-2H3,(H,13,14)(H,15,16)/t8-/m0/s1. The highest BCUT2D eigenvalue weighted by atomic mass is 79.9. The van der Waals surface area contributed by atoms with Crippen LogP contribution in [0.1, 0.15) is 13.8 Å². The Morgan fingerprint density at radius 1 is 1.62 bits per heavy atom. The molecule has 1 rings (SSSR count). The molecule has 88 valence electrons. The van der Waals surface area contributed by atoms with Crippen molar-refractivity contribution < 1.29 is 9.90 Å². The van der Waals surface area contributed by atoms with Gasteiger partial charge in [0.15, 0.2) is 0 Å². The fraction of sp³-hybridized carbons (Fsp3) is 0.400. The number of nitrogens with one attached hydrogen (secondary N) is 1. The van der Waals surface area contributed by atoms with Crippen molar-refractivity contribution in [2.24, 2.45) is 5.92 Å². The van der Waals surface area contributed by atoms with E-state index in [-0.39, 0.29) is 5.92 Å². The van der Waals surface area contributed by atoms with Gasteiger partial charge in [0.05, 0.1) is 5.02 Å². The van der Waals surface area contributed by atoms with E-state index in [0.29, 0.717) is 10.8 Å². The van der Waals surface area contributed by atoms with E-state index < -0.39 is 12.0 Å². The first-order valence-corrected chi connectivity index (χ1v) is 5.89. The predicted octanol–water partition coefficient (Wildman–Crippen LogP) is 3.02. The van der Waals surface area contributed by atoms with Gasteiger partial charge in [-0.1, -0.05) is 25.4 Å². The van der Waals surface area contributed by atoms with Gasteiger partial charge >= 0.3 is 5.97 Å². The number of halogens is 2. The highest BCUT2D eigenvalue weighted by Crippen LogP contribution is 2.24. The van der Waals surface area contributed by atoms with Gasteiger partial charge in [0.25, 0.3) is 0 Å². The Morgan fingerprint density at radius 2 is 2.25 bits per heavy atom. The third-order valence-corrected chi connectivity index (χ3v) is 2.75. The lowest BCUT2D eigenvalue weighted by Crippen LogP contribution is -2.34. The molecule has 1 atom stereocenters. The molecule has 0 saturated carbocycles. The summed E-state index contributed by atoms with van der Waals surface area (Å²) in [4.78, 5) is 15.0. The Hall–Kier alpha value is -0.810. The maximum absolute atomic E-state index is 11.0. The minimum absolute atomic E-state index is 0.0565. The van der Waals surface area contributed by atoms with E-state index in [1.807, 2.05) is 13.8 Å². The summed E-state index contributed by atoms with van der Waals surface area (Å²) in [5.41, 5.74) is 0. The molecule has 0 aliphatic carbocycles. The molecule has 0 unspecified atom stereocenters. The van der Waals surface area contributed by atoms with Gasteiger partial charge in [0, 0.05) is 10.7 Å². The molecule has 0 saturated heterocycles. The summed E-state index contributed by atoms with van der Waals surface area (Å²) >= 11 is 9.16. The van der Waals surface area contributed by atoms with Gasteiger partial charge in [-0.2, -0.15) is 0 Å². The largest absolute Gasteiger partial charge is 0.480 e. The number of carboxylic acid groups (broad SMARTS) is 1. The average Bonchev–Trinajstić information content (AvgIpc) is 2.15. The molecule has 0 aromatic carbocycles. The molecule has 6 heteroatoms. The van der Waals surface area contributed by atoms with E-state index in [9.17, 15) is 4.79 Å². The Labute approximate surface area is 107 Å². The number of aromatic nitrogens is 1.